The molecule has 0 heterocycles. The molecular formula is C19H29KO3. The Hall–Kier alpha value is 0.126. The molecule has 23 heavy (non-hydrogen) atoms. The molecule has 0 saturated heterocycles. The van der Waals surface area contributed by atoms with Crippen LogP contribution in [0.3, 0.4) is 0 Å². The van der Waals surface area contributed by atoms with Gasteiger partial charge in [0.2, 0.25) is 0 Å². The van der Waals surface area contributed by atoms with E-state index in [0.717, 1.165) is 18.4 Å². The fourth-order valence-electron chi connectivity index (χ4n) is 2.22. The maximum Gasteiger partial charge on any atom is 1.00 e. The van der Waals surface area contributed by atoms with Crippen LogP contribution >= 0.6 is 0 Å². The molecule has 0 fully saturated rings. The summed E-state index contributed by atoms with van der Waals surface area (Å²) in [5.74, 6) is -0.558. The first kappa shape index (κ1) is 23.1. The predicted octanol–water partition coefficient (Wildman–Crippen LogP) is 0.583. The van der Waals surface area contributed by atoms with Crippen LogP contribution < -0.4 is 61.2 Å². The van der Waals surface area contributed by atoms with E-state index in [1.165, 1.54) is 12.5 Å². The number of aliphatic carboxylic acids is 1. The molecule has 1 unspecified atom stereocenters. The van der Waals surface area contributed by atoms with Crippen molar-refractivity contribution in [1.82, 2.24) is 0 Å². The van der Waals surface area contributed by atoms with E-state index >= 15 is 0 Å². The van der Waals surface area contributed by atoms with E-state index in [2.05, 4.69) is 47.6 Å². The number of hydrogen-bond acceptors (Lipinski definition) is 3. The normalized spacial score (nSPS) is 13.2. The van der Waals surface area contributed by atoms with Gasteiger partial charge in [-0.05, 0) is 42.2 Å². The van der Waals surface area contributed by atoms with E-state index in [1.807, 2.05) is 12.1 Å². The molecule has 0 saturated carbocycles. The van der Waals surface area contributed by atoms with Crippen LogP contribution in [0, 0.1) is 0 Å². The van der Waals surface area contributed by atoms with Gasteiger partial charge in [-0.2, -0.15) is 0 Å². The first-order valence-electron chi connectivity index (χ1n) is 8.07. The minimum absolute atomic E-state index is 0. The molecular weight excluding hydrogens is 315 g/mol. The van der Waals surface area contributed by atoms with Crippen LogP contribution in [0.1, 0.15) is 72.4 Å². The zero-order chi connectivity index (χ0) is 17.1. The molecule has 0 N–H and O–H groups in total. The molecule has 0 radical (unpaired) electrons. The smallest absolute Gasteiger partial charge is 0.546 e. The number of benzene rings is 1. The number of carbonyl (C=O) groups excluding carboxylic acids is 1. The van der Waals surface area contributed by atoms with Gasteiger partial charge in [0.25, 0.3) is 0 Å². The second-order valence-corrected chi connectivity index (χ2v) is 7.26. The Morgan fingerprint density at radius 1 is 1.13 bits per heavy atom. The fraction of sp³-hybridized carbons (Fsp3) is 0.632. The second kappa shape index (κ2) is 9.00. The van der Waals surface area contributed by atoms with Crippen LogP contribution in [0.2, 0.25) is 0 Å². The zero-order valence-electron chi connectivity index (χ0n) is 15.9. The van der Waals surface area contributed by atoms with Gasteiger partial charge in [-0.1, -0.05) is 53.7 Å². The van der Waals surface area contributed by atoms with Crippen LogP contribution in [0.25, 0.3) is 0 Å². The summed E-state index contributed by atoms with van der Waals surface area (Å²) in [5.41, 5.74) is 2.31. The van der Waals surface area contributed by atoms with E-state index in [4.69, 9.17) is 4.74 Å². The molecule has 0 spiro atoms. The number of rotatable bonds is 7. The van der Waals surface area contributed by atoms with Crippen molar-refractivity contribution in [2.75, 3.05) is 0 Å². The van der Waals surface area contributed by atoms with Crippen molar-refractivity contribution in [3.05, 3.63) is 29.3 Å². The molecule has 0 aliphatic carbocycles. The van der Waals surface area contributed by atoms with Crippen molar-refractivity contribution in [2.45, 2.75) is 78.2 Å². The average molecular weight is 345 g/mol. The van der Waals surface area contributed by atoms with E-state index in [1.54, 1.807) is 0 Å². The Morgan fingerprint density at radius 3 is 2.09 bits per heavy atom. The molecule has 1 aromatic carbocycles. The fourth-order valence-corrected chi connectivity index (χ4v) is 2.22. The number of carboxylic acid groups (broad SMARTS) is 1. The molecule has 1 rings (SSSR count). The summed E-state index contributed by atoms with van der Waals surface area (Å²) in [6.07, 6.45) is 1.02. The maximum absolute atomic E-state index is 11.0. The molecule has 1 atom stereocenters. The van der Waals surface area contributed by atoms with E-state index in [9.17, 15) is 9.90 Å². The van der Waals surface area contributed by atoms with Crippen molar-refractivity contribution < 1.29 is 66.0 Å². The Labute approximate surface area is 183 Å². The molecule has 0 aliphatic heterocycles. The molecule has 0 aliphatic rings. The Morgan fingerprint density at radius 2 is 1.65 bits per heavy atom. The third-order valence-corrected chi connectivity index (χ3v) is 4.89. The van der Waals surface area contributed by atoms with Gasteiger partial charge < -0.3 is 14.6 Å². The summed E-state index contributed by atoms with van der Waals surface area (Å²) in [7, 11) is 0. The van der Waals surface area contributed by atoms with Crippen LogP contribution in [-0.4, -0.2) is 12.1 Å². The molecule has 124 valence electrons. The standard InChI is InChI=1S/C19H30O3.K/c1-8-18(4,5)14-10-11-16(22-13(3)17(20)21)15(12-14)19(6,7)9-2;/h10-13H,8-9H2,1-7H3,(H,20,21);/q;+1/p-1. The summed E-state index contributed by atoms with van der Waals surface area (Å²) < 4.78 is 5.63. The maximum atomic E-state index is 11.0. The van der Waals surface area contributed by atoms with E-state index in [-0.39, 0.29) is 62.2 Å². The number of carboxylic acids is 1. The summed E-state index contributed by atoms with van der Waals surface area (Å²) >= 11 is 0. The minimum atomic E-state index is -1.20. The van der Waals surface area contributed by atoms with Crippen molar-refractivity contribution in [2.24, 2.45) is 0 Å². The number of hydrogen-bond donors (Lipinski definition) is 0. The van der Waals surface area contributed by atoms with Gasteiger partial charge in [-0.15, -0.1) is 0 Å². The van der Waals surface area contributed by atoms with E-state index in [0.29, 0.717) is 5.75 Å². The van der Waals surface area contributed by atoms with Crippen molar-refractivity contribution in [3.8, 4) is 5.75 Å². The quantitative estimate of drug-likeness (QED) is 0.680. The Balaban J connectivity index is 0.00000484. The second-order valence-electron chi connectivity index (χ2n) is 7.26. The molecule has 0 aromatic heterocycles. The van der Waals surface area contributed by atoms with Crippen molar-refractivity contribution in [3.63, 3.8) is 0 Å². The van der Waals surface area contributed by atoms with Crippen LogP contribution in [0.15, 0.2) is 18.2 Å². The summed E-state index contributed by atoms with van der Waals surface area (Å²) in [6, 6.07) is 6.11. The summed E-state index contributed by atoms with van der Waals surface area (Å²) in [6.45, 7) is 14.5. The van der Waals surface area contributed by atoms with Gasteiger partial charge >= 0.3 is 51.4 Å². The van der Waals surface area contributed by atoms with Crippen molar-refractivity contribution in [1.29, 1.82) is 0 Å². The monoisotopic (exact) mass is 344 g/mol. The first-order chi connectivity index (χ1) is 10.0. The SMILES string of the molecule is CCC(C)(C)c1ccc(OC(C)C(=O)[O-])c(C(C)(C)CC)c1.[K+]. The summed E-state index contributed by atoms with van der Waals surface area (Å²) in [5, 5.41) is 11.0. The zero-order valence-corrected chi connectivity index (χ0v) is 19.1. The third kappa shape index (κ3) is 5.85. The van der Waals surface area contributed by atoms with E-state index < -0.39 is 12.1 Å². The van der Waals surface area contributed by atoms with Crippen molar-refractivity contribution >= 4 is 5.97 Å². The number of carbonyl (C=O) groups is 1. The average Bonchev–Trinajstić information content (AvgIpc) is 2.47. The molecule has 0 amide bonds. The summed E-state index contributed by atoms with van der Waals surface area (Å²) in [4.78, 5) is 11.0. The van der Waals surface area contributed by atoms with Gasteiger partial charge in [-0.25, -0.2) is 0 Å². The largest absolute Gasteiger partial charge is 1.00 e. The Bertz CT molecular complexity index is 535. The molecule has 0 bridgehead atoms. The van der Waals surface area contributed by atoms with Gasteiger partial charge in [0.05, 0.1) is 5.97 Å². The molecule has 4 heteroatoms. The van der Waals surface area contributed by atoms with Gasteiger partial charge in [-0.3, -0.25) is 0 Å². The first-order valence-corrected chi connectivity index (χ1v) is 8.07. The third-order valence-electron chi connectivity index (χ3n) is 4.89. The predicted molar refractivity (Wildman–Crippen MR) is 88.2 cm³/mol. The van der Waals surface area contributed by atoms with Gasteiger partial charge in [0.15, 0.2) is 0 Å². The molecule has 1 aromatic rings. The topological polar surface area (TPSA) is 49.4 Å². The van der Waals surface area contributed by atoms with Crippen LogP contribution in [0.5, 0.6) is 5.75 Å². The Kier molecular flexibility index (Phi) is 9.05. The van der Waals surface area contributed by atoms with Gasteiger partial charge in [0, 0.05) is 5.56 Å². The minimum Gasteiger partial charge on any atom is -0.546 e. The van der Waals surface area contributed by atoms with Crippen LogP contribution in [0.4, 0.5) is 0 Å². The molecule has 3 nitrogen and oxygen atoms in total. The number of ether oxygens (including phenoxy) is 1. The van der Waals surface area contributed by atoms with Gasteiger partial charge in [0.1, 0.15) is 11.9 Å². The van der Waals surface area contributed by atoms with Crippen LogP contribution in [-0.2, 0) is 15.6 Å².